The Balaban J connectivity index is 2.09. The molecule has 1 fully saturated rings. The van der Waals surface area contributed by atoms with E-state index in [1.807, 2.05) is 0 Å². The molecule has 0 aliphatic carbocycles. The number of aliphatic hydroxyl groups is 1. The molecule has 0 spiro atoms. The molecule has 0 saturated carbocycles. The van der Waals surface area contributed by atoms with Gasteiger partial charge in [0.15, 0.2) is 0 Å². The summed E-state index contributed by atoms with van der Waals surface area (Å²) in [7, 11) is 0. The fraction of sp³-hybridized carbons (Fsp3) is 0.733. The second kappa shape index (κ2) is 7.00. The second-order valence-corrected chi connectivity index (χ2v) is 6.27. The van der Waals surface area contributed by atoms with Crippen molar-refractivity contribution in [3.05, 3.63) is 17.0 Å². The summed E-state index contributed by atoms with van der Waals surface area (Å²) in [4.78, 5) is 13.8. The van der Waals surface area contributed by atoms with E-state index in [-0.39, 0.29) is 12.6 Å². The van der Waals surface area contributed by atoms with Crippen LogP contribution in [-0.4, -0.2) is 51.2 Å². The maximum absolute atomic E-state index is 12.6. The van der Waals surface area contributed by atoms with Gasteiger partial charge in [0.05, 0.1) is 17.8 Å². The zero-order chi connectivity index (χ0) is 18.1. The Morgan fingerprint density at radius 3 is 2.71 bits per heavy atom. The Hall–Kier alpha value is -1.77. The SMILES string of the molecule is Cc1nn(CC(F)(F)F)c(C)c1C(C)NC(=O)N1CCCC(O)C1. The first kappa shape index (κ1) is 18.6. The van der Waals surface area contributed by atoms with Crippen LogP contribution >= 0.6 is 0 Å². The summed E-state index contributed by atoms with van der Waals surface area (Å²) in [6, 6.07) is -0.804. The topological polar surface area (TPSA) is 70.4 Å². The highest BCUT2D eigenvalue weighted by Crippen LogP contribution is 2.25. The summed E-state index contributed by atoms with van der Waals surface area (Å²) in [5, 5.41) is 16.4. The van der Waals surface area contributed by atoms with E-state index in [2.05, 4.69) is 10.4 Å². The number of amides is 2. The summed E-state index contributed by atoms with van der Waals surface area (Å²) < 4.78 is 38.7. The molecule has 1 aromatic heterocycles. The molecule has 9 heteroatoms. The average molecular weight is 348 g/mol. The average Bonchev–Trinajstić information content (AvgIpc) is 2.71. The molecule has 136 valence electrons. The third-order valence-electron chi connectivity index (χ3n) is 4.22. The number of carbonyl (C=O) groups excluding carboxylic acids is 1. The number of aliphatic hydroxyl groups excluding tert-OH is 1. The smallest absolute Gasteiger partial charge is 0.391 e. The Morgan fingerprint density at radius 2 is 2.12 bits per heavy atom. The van der Waals surface area contributed by atoms with Crippen molar-refractivity contribution in [3.63, 3.8) is 0 Å². The first-order chi connectivity index (χ1) is 11.1. The van der Waals surface area contributed by atoms with Crippen LogP contribution in [0.3, 0.4) is 0 Å². The summed E-state index contributed by atoms with van der Waals surface area (Å²) in [5.74, 6) is 0. The molecule has 2 rings (SSSR count). The molecule has 24 heavy (non-hydrogen) atoms. The van der Waals surface area contributed by atoms with Crippen LogP contribution in [0.2, 0.25) is 0 Å². The molecule has 2 amide bonds. The number of likely N-dealkylation sites (tertiary alicyclic amines) is 1. The van der Waals surface area contributed by atoms with Gasteiger partial charge >= 0.3 is 12.2 Å². The first-order valence-electron chi connectivity index (χ1n) is 7.92. The third-order valence-corrected chi connectivity index (χ3v) is 4.22. The van der Waals surface area contributed by atoms with Crippen LogP contribution < -0.4 is 5.32 Å². The molecule has 2 N–H and O–H groups in total. The normalized spacial score (nSPS) is 20.1. The van der Waals surface area contributed by atoms with Gasteiger partial charge in [0.25, 0.3) is 0 Å². The highest BCUT2D eigenvalue weighted by atomic mass is 19.4. The largest absolute Gasteiger partial charge is 0.408 e. The molecule has 1 aliphatic rings. The number of piperidine rings is 1. The van der Waals surface area contributed by atoms with E-state index in [0.717, 1.165) is 11.1 Å². The highest BCUT2D eigenvalue weighted by Gasteiger charge is 2.31. The van der Waals surface area contributed by atoms with E-state index in [4.69, 9.17) is 0 Å². The number of alkyl halides is 3. The lowest BCUT2D eigenvalue weighted by molar-refractivity contribution is -0.143. The van der Waals surface area contributed by atoms with Gasteiger partial charge < -0.3 is 15.3 Å². The number of hydrogen-bond acceptors (Lipinski definition) is 3. The summed E-state index contributed by atoms with van der Waals surface area (Å²) >= 11 is 0. The maximum atomic E-state index is 12.6. The third kappa shape index (κ3) is 4.40. The van der Waals surface area contributed by atoms with Crippen molar-refractivity contribution in [2.24, 2.45) is 0 Å². The van der Waals surface area contributed by atoms with Gasteiger partial charge in [0, 0.05) is 24.3 Å². The molecule has 1 saturated heterocycles. The molecule has 6 nitrogen and oxygen atoms in total. The number of β-amino-alcohol motifs (C(OH)–C–C–N with tert-alkyl or cyclic N) is 1. The van der Waals surface area contributed by atoms with Crippen molar-refractivity contribution < 1.29 is 23.1 Å². The van der Waals surface area contributed by atoms with Gasteiger partial charge in [-0.15, -0.1) is 0 Å². The van der Waals surface area contributed by atoms with Crippen LogP contribution in [0.5, 0.6) is 0 Å². The zero-order valence-electron chi connectivity index (χ0n) is 14.0. The number of aromatic nitrogens is 2. The molecule has 2 heterocycles. The van der Waals surface area contributed by atoms with Gasteiger partial charge in [-0.1, -0.05) is 0 Å². The fourth-order valence-corrected chi connectivity index (χ4v) is 3.15. The highest BCUT2D eigenvalue weighted by molar-refractivity contribution is 5.75. The van der Waals surface area contributed by atoms with Crippen LogP contribution in [-0.2, 0) is 6.54 Å². The van der Waals surface area contributed by atoms with E-state index in [1.165, 1.54) is 4.90 Å². The number of nitrogens with one attached hydrogen (secondary N) is 1. The molecule has 2 unspecified atom stereocenters. The van der Waals surface area contributed by atoms with Crippen LogP contribution in [0.15, 0.2) is 0 Å². The van der Waals surface area contributed by atoms with Gasteiger partial charge in [-0.3, -0.25) is 4.68 Å². The van der Waals surface area contributed by atoms with Crippen LogP contribution in [0.4, 0.5) is 18.0 Å². The number of urea groups is 1. The molecule has 0 bridgehead atoms. The van der Waals surface area contributed by atoms with Crippen LogP contribution in [0.1, 0.15) is 42.8 Å². The molecular weight excluding hydrogens is 325 g/mol. The summed E-state index contributed by atoms with van der Waals surface area (Å²) in [6.45, 7) is 4.58. The van der Waals surface area contributed by atoms with Crippen molar-refractivity contribution >= 4 is 6.03 Å². The Labute approximate surface area is 138 Å². The van der Waals surface area contributed by atoms with Gasteiger partial charge in [0.2, 0.25) is 0 Å². The number of nitrogens with zero attached hydrogens (tertiary/aromatic N) is 3. The van der Waals surface area contributed by atoms with Crippen molar-refractivity contribution in [2.45, 2.75) is 58.5 Å². The predicted octanol–water partition coefficient (Wildman–Crippen LogP) is 2.29. The zero-order valence-corrected chi connectivity index (χ0v) is 14.0. The van der Waals surface area contributed by atoms with Crippen molar-refractivity contribution in [3.8, 4) is 0 Å². The lowest BCUT2D eigenvalue weighted by Gasteiger charge is -2.31. The van der Waals surface area contributed by atoms with E-state index >= 15 is 0 Å². The summed E-state index contributed by atoms with van der Waals surface area (Å²) in [5.41, 5.74) is 1.43. The second-order valence-electron chi connectivity index (χ2n) is 6.27. The van der Waals surface area contributed by atoms with Gasteiger partial charge in [-0.2, -0.15) is 18.3 Å². The predicted molar refractivity (Wildman–Crippen MR) is 81.5 cm³/mol. The van der Waals surface area contributed by atoms with E-state index in [0.29, 0.717) is 29.9 Å². The van der Waals surface area contributed by atoms with E-state index in [9.17, 15) is 23.1 Å². The molecule has 1 aromatic rings. The molecule has 2 atom stereocenters. The Morgan fingerprint density at radius 1 is 1.46 bits per heavy atom. The molecule has 1 aliphatic heterocycles. The Kier molecular flexibility index (Phi) is 5.42. The number of halogens is 3. The van der Waals surface area contributed by atoms with E-state index < -0.39 is 24.9 Å². The standard InChI is InChI=1S/C15H23F3N4O2/c1-9(19-14(24)21-6-4-5-12(23)7-21)13-10(2)20-22(11(13)3)8-15(16,17)18/h9,12,23H,4-8H2,1-3H3,(H,19,24). The number of hydrogen-bond donors (Lipinski definition) is 2. The van der Waals surface area contributed by atoms with E-state index in [1.54, 1.807) is 20.8 Å². The molecular formula is C15H23F3N4O2. The lowest BCUT2D eigenvalue weighted by Crippen LogP contribution is -2.47. The quantitative estimate of drug-likeness (QED) is 0.880. The van der Waals surface area contributed by atoms with Crippen molar-refractivity contribution in [1.82, 2.24) is 20.0 Å². The minimum atomic E-state index is -4.35. The maximum Gasteiger partial charge on any atom is 0.408 e. The van der Waals surface area contributed by atoms with Gasteiger partial charge in [-0.05, 0) is 33.6 Å². The monoisotopic (exact) mass is 348 g/mol. The fourth-order valence-electron chi connectivity index (χ4n) is 3.15. The molecule has 0 aromatic carbocycles. The van der Waals surface area contributed by atoms with Gasteiger partial charge in [0.1, 0.15) is 6.54 Å². The lowest BCUT2D eigenvalue weighted by atomic mass is 10.1. The number of rotatable bonds is 3. The van der Waals surface area contributed by atoms with Crippen molar-refractivity contribution in [1.29, 1.82) is 0 Å². The summed E-state index contributed by atoms with van der Waals surface area (Å²) in [6.07, 6.45) is -3.48. The van der Waals surface area contributed by atoms with Crippen LogP contribution in [0.25, 0.3) is 0 Å². The van der Waals surface area contributed by atoms with Crippen molar-refractivity contribution in [2.75, 3.05) is 13.1 Å². The first-order valence-corrected chi connectivity index (χ1v) is 7.92. The number of carbonyl (C=O) groups is 1. The minimum absolute atomic E-state index is 0.268. The number of aryl methyl sites for hydroxylation is 1. The Bertz CT molecular complexity index is 600. The minimum Gasteiger partial charge on any atom is -0.391 e. The molecule has 0 radical (unpaired) electrons. The van der Waals surface area contributed by atoms with Crippen LogP contribution in [0, 0.1) is 13.8 Å². The van der Waals surface area contributed by atoms with Gasteiger partial charge in [-0.25, -0.2) is 4.79 Å².